The van der Waals surface area contributed by atoms with Gasteiger partial charge in [0.2, 0.25) is 0 Å². The Balaban J connectivity index is 2.22. The minimum Gasteiger partial charge on any atom is -0.375 e. The highest BCUT2D eigenvalue weighted by Gasteiger charge is 2.50. The van der Waals surface area contributed by atoms with Gasteiger partial charge in [0.25, 0.3) is 11.8 Å². The Morgan fingerprint density at radius 2 is 1.92 bits per heavy atom. The van der Waals surface area contributed by atoms with Gasteiger partial charge >= 0.3 is 0 Å². The summed E-state index contributed by atoms with van der Waals surface area (Å²) in [7, 11) is 1.77. The molecule has 0 spiro atoms. The van der Waals surface area contributed by atoms with Gasteiger partial charge in [-0.15, -0.1) is 0 Å². The molecule has 1 unspecified atom stereocenters. The maximum absolute atomic E-state index is 12.8. The first-order valence-corrected chi connectivity index (χ1v) is 8.35. The monoisotopic (exact) mass is 336 g/mol. The van der Waals surface area contributed by atoms with Crippen molar-refractivity contribution >= 4 is 11.8 Å². The molecule has 0 saturated carbocycles. The lowest BCUT2D eigenvalue weighted by Crippen LogP contribution is -2.49. The van der Waals surface area contributed by atoms with Gasteiger partial charge in [-0.3, -0.25) is 19.7 Å². The summed E-state index contributed by atoms with van der Waals surface area (Å²) in [5.74, 6) is -0.395. The standard InChI is InChI=1S/C17H28N4O3/c1-12(20-9-7-6-8-10-20)11-14(15(22)18-24)21-13(2)19(5)17(3,4)16(21)23/h14,24H,1-2,6-11H2,3-5H3,(H,18,22). The van der Waals surface area contributed by atoms with Crippen LogP contribution in [-0.2, 0) is 9.59 Å². The zero-order valence-corrected chi connectivity index (χ0v) is 14.8. The van der Waals surface area contributed by atoms with Gasteiger partial charge in [-0.05, 0) is 33.1 Å². The molecule has 2 N–H and O–H groups in total. The summed E-state index contributed by atoms with van der Waals surface area (Å²) in [4.78, 5) is 30.3. The summed E-state index contributed by atoms with van der Waals surface area (Å²) in [5.41, 5.74) is 1.70. The van der Waals surface area contributed by atoms with E-state index in [1.54, 1.807) is 31.3 Å². The van der Waals surface area contributed by atoms with Crippen molar-refractivity contribution < 1.29 is 14.8 Å². The van der Waals surface area contributed by atoms with Crippen LogP contribution < -0.4 is 5.48 Å². The van der Waals surface area contributed by atoms with E-state index >= 15 is 0 Å². The minimum absolute atomic E-state index is 0.213. The number of likely N-dealkylation sites (tertiary alicyclic amines) is 1. The Morgan fingerprint density at radius 1 is 1.33 bits per heavy atom. The van der Waals surface area contributed by atoms with E-state index < -0.39 is 17.5 Å². The molecule has 0 aromatic carbocycles. The van der Waals surface area contributed by atoms with Crippen LogP contribution in [0.1, 0.15) is 39.5 Å². The van der Waals surface area contributed by atoms with Gasteiger partial charge < -0.3 is 9.80 Å². The van der Waals surface area contributed by atoms with E-state index in [4.69, 9.17) is 5.21 Å². The molecule has 2 aliphatic heterocycles. The first-order chi connectivity index (χ1) is 11.2. The van der Waals surface area contributed by atoms with Crippen molar-refractivity contribution in [2.24, 2.45) is 0 Å². The third kappa shape index (κ3) is 3.13. The van der Waals surface area contributed by atoms with Gasteiger partial charge in [0.1, 0.15) is 17.4 Å². The molecule has 1 atom stereocenters. The molecular weight excluding hydrogens is 308 g/mol. The molecule has 0 aromatic rings. The predicted molar refractivity (Wildman–Crippen MR) is 90.7 cm³/mol. The second-order valence-corrected chi connectivity index (χ2v) is 7.02. The average Bonchev–Trinajstić information content (AvgIpc) is 2.73. The van der Waals surface area contributed by atoms with Crippen LogP contribution in [0.3, 0.4) is 0 Å². The van der Waals surface area contributed by atoms with Gasteiger partial charge in [0, 0.05) is 32.3 Å². The van der Waals surface area contributed by atoms with Crippen molar-refractivity contribution in [1.82, 2.24) is 20.2 Å². The predicted octanol–water partition coefficient (Wildman–Crippen LogP) is 1.27. The van der Waals surface area contributed by atoms with Gasteiger partial charge in [0.15, 0.2) is 0 Å². The highest BCUT2D eigenvalue weighted by molar-refractivity contribution is 5.95. The molecule has 0 aliphatic carbocycles. The maximum atomic E-state index is 12.8. The van der Waals surface area contributed by atoms with Crippen LogP contribution in [-0.4, -0.2) is 63.4 Å². The summed E-state index contributed by atoms with van der Waals surface area (Å²) < 4.78 is 0. The molecule has 0 radical (unpaired) electrons. The van der Waals surface area contributed by atoms with Gasteiger partial charge in [0.05, 0.1) is 0 Å². The number of nitrogens with one attached hydrogen (secondary N) is 1. The number of nitrogens with zero attached hydrogens (tertiary/aromatic N) is 3. The number of carbonyl (C=O) groups excluding carboxylic acids is 2. The van der Waals surface area contributed by atoms with Crippen LogP contribution in [0, 0.1) is 0 Å². The molecule has 2 aliphatic rings. The van der Waals surface area contributed by atoms with E-state index in [-0.39, 0.29) is 12.3 Å². The Kier molecular flexibility index (Phi) is 5.22. The van der Waals surface area contributed by atoms with E-state index in [9.17, 15) is 9.59 Å². The number of likely N-dealkylation sites (N-methyl/N-ethyl adjacent to an activating group) is 1. The van der Waals surface area contributed by atoms with E-state index in [0.717, 1.165) is 31.6 Å². The van der Waals surface area contributed by atoms with Crippen molar-refractivity contribution in [1.29, 1.82) is 0 Å². The molecule has 2 amide bonds. The fraction of sp³-hybridized carbons (Fsp3) is 0.647. The average molecular weight is 336 g/mol. The third-order valence-corrected chi connectivity index (χ3v) is 5.20. The van der Waals surface area contributed by atoms with Crippen LogP contribution >= 0.6 is 0 Å². The number of hydrogen-bond acceptors (Lipinski definition) is 5. The second kappa shape index (κ2) is 6.84. The van der Waals surface area contributed by atoms with E-state index in [1.165, 1.54) is 11.3 Å². The smallest absolute Gasteiger partial charge is 0.266 e. The number of rotatable bonds is 5. The molecule has 0 bridgehead atoms. The van der Waals surface area contributed by atoms with Crippen LogP contribution in [0.2, 0.25) is 0 Å². The molecular formula is C17H28N4O3. The van der Waals surface area contributed by atoms with Crippen molar-refractivity contribution in [3.8, 4) is 0 Å². The molecule has 24 heavy (non-hydrogen) atoms. The molecule has 2 saturated heterocycles. The van der Waals surface area contributed by atoms with Crippen molar-refractivity contribution in [2.75, 3.05) is 20.1 Å². The van der Waals surface area contributed by atoms with E-state index in [1.807, 2.05) is 0 Å². The van der Waals surface area contributed by atoms with Gasteiger partial charge in [-0.1, -0.05) is 13.2 Å². The third-order valence-electron chi connectivity index (χ3n) is 5.20. The Morgan fingerprint density at radius 3 is 2.38 bits per heavy atom. The topological polar surface area (TPSA) is 76.1 Å². The number of hydroxylamine groups is 1. The van der Waals surface area contributed by atoms with Crippen LogP contribution in [0.4, 0.5) is 0 Å². The lowest BCUT2D eigenvalue weighted by atomic mass is 10.0. The molecule has 0 aromatic heterocycles. The Bertz CT molecular complexity index is 552. The second-order valence-electron chi connectivity index (χ2n) is 7.02. The lowest BCUT2D eigenvalue weighted by Gasteiger charge is -2.34. The maximum Gasteiger partial charge on any atom is 0.266 e. The fourth-order valence-corrected chi connectivity index (χ4v) is 3.30. The number of carbonyl (C=O) groups is 2. The lowest BCUT2D eigenvalue weighted by molar-refractivity contribution is -0.142. The summed E-state index contributed by atoms with van der Waals surface area (Å²) in [6.07, 6.45) is 3.66. The van der Waals surface area contributed by atoms with Gasteiger partial charge in [-0.2, -0.15) is 0 Å². The summed E-state index contributed by atoms with van der Waals surface area (Å²) in [5, 5.41) is 9.13. The van der Waals surface area contributed by atoms with Gasteiger partial charge in [-0.25, -0.2) is 5.48 Å². The van der Waals surface area contributed by atoms with E-state index in [2.05, 4.69) is 18.1 Å². The van der Waals surface area contributed by atoms with Crippen LogP contribution in [0.5, 0.6) is 0 Å². The first kappa shape index (κ1) is 18.3. The zero-order chi connectivity index (χ0) is 18.1. The van der Waals surface area contributed by atoms with Crippen molar-refractivity contribution in [3.63, 3.8) is 0 Å². The van der Waals surface area contributed by atoms with Crippen molar-refractivity contribution in [2.45, 2.75) is 51.1 Å². The molecule has 7 nitrogen and oxygen atoms in total. The summed E-state index contributed by atoms with van der Waals surface area (Å²) >= 11 is 0. The molecule has 2 heterocycles. The highest BCUT2D eigenvalue weighted by atomic mass is 16.5. The highest BCUT2D eigenvalue weighted by Crippen LogP contribution is 2.34. The first-order valence-electron chi connectivity index (χ1n) is 8.35. The fourth-order valence-electron chi connectivity index (χ4n) is 3.30. The quantitative estimate of drug-likeness (QED) is 0.584. The number of amides is 2. The Labute approximate surface area is 143 Å². The molecule has 134 valence electrons. The zero-order valence-electron chi connectivity index (χ0n) is 14.8. The van der Waals surface area contributed by atoms with Crippen molar-refractivity contribution in [3.05, 3.63) is 24.7 Å². The number of piperidine rings is 1. The van der Waals surface area contributed by atoms with Crippen LogP contribution in [0.15, 0.2) is 24.7 Å². The number of hydrogen-bond donors (Lipinski definition) is 2. The Hall–Kier alpha value is -2.02. The molecule has 2 rings (SSSR count). The minimum atomic E-state index is -0.867. The normalized spacial score (nSPS) is 21.9. The molecule has 2 fully saturated rings. The summed E-state index contributed by atoms with van der Waals surface area (Å²) in [6.45, 7) is 13.4. The largest absolute Gasteiger partial charge is 0.375 e. The molecule has 7 heteroatoms. The van der Waals surface area contributed by atoms with E-state index in [0.29, 0.717) is 5.82 Å². The SMILES string of the molecule is C=C(CC(C(=O)NO)N1C(=C)N(C)C(C)(C)C1=O)N1CCCCC1. The summed E-state index contributed by atoms with van der Waals surface area (Å²) in [6, 6.07) is -0.867. The van der Waals surface area contributed by atoms with Crippen LogP contribution in [0.25, 0.3) is 0 Å².